The number of fused-ring (bicyclic) bond motifs is 2. The molecule has 7 nitrogen and oxygen atoms in total. The number of ether oxygens (including phenoxy) is 4. The number of carbonyl (C=O) groups excluding carboxylic acids is 3. The molecule has 0 aliphatic carbocycles. The third-order valence-electron chi connectivity index (χ3n) is 8.71. The molecule has 0 aliphatic heterocycles. The number of esters is 2. The summed E-state index contributed by atoms with van der Waals surface area (Å²) in [4.78, 5) is 39.9. The van der Waals surface area contributed by atoms with Crippen molar-refractivity contribution in [3.8, 4) is 0 Å². The third kappa shape index (κ3) is 14.2. The monoisotopic (exact) mass is 710 g/mol. The third-order valence-corrected chi connectivity index (χ3v) is 8.71. The van der Waals surface area contributed by atoms with Crippen LogP contribution in [-0.4, -0.2) is 54.3 Å². The molecule has 0 aromatic heterocycles. The summed E-state index contributed by atoms with van der Waals surface area (Å²) in [5.74, 6) is -1.60. The molecule has 280 valence electrons. The summed E-state index contributed by atoms with van der Waals surface area (Å²) in [6.45, 7) is 10.3. The zero-order valence-electron chi connectivity index (χ0n) is 32.1. The van der Waals surface area contributed by atoms with E-state index in [1.165, 1.54) is 32.7 Å². The van der Waals surface area contributed by atoms with E-state index in [1.807, 2.05) is 6.07 Å². The topological polar surface area (TPSA) is 88.1 Å². The van der Waals surface area contributed by atoms with Gasteiger partial charge in [-0.2, -0.15) is 0 Å². The molecule has 0 unspecified atom stereocenters. The van der Waals surface area contributed by atoms with E-state index < -0.39 is 42.0 Å². The van der Waals surface area contributed by atoms with Crippen LogP contribution in [0.15, 0.2) is 84.9 Å². The van der Waals surface area contributed by atoms with Gasteiger partial charge in [-0.25, -0.2) is 9.59 Å². The molecule has 4 aromatic rings. The van der Waals surface area contributed by atoms with Crippen molar-refractivity contribution < 1.29 is 33.3 Å². The predicted octanol–water partition coefficient (Wildman–Crippen LogP) is 9.92. The normalized spacial score (nSPS) is 13.2. The zero-order valence-corrected chi connectivity index (χ0v) is 32.1. The molecular formula is C45H58O7. The minimum atomic E-state index is -1.40. The van der Waals surface area contributed by atoms with Crippen LogP contribution in [0.2, 0.25) is 0 Å². The Kier molecular flexibility index (Phi) is 15.4. The van der Waals surface area contributed by atoms with Gasteiger partial charge >= 0.3 is 11.9 Å². The fourth-order valence-corrected chi connectivity index (χ4v) is 6.25. The van der Waals surface area contributed by atoms with E-state index in [4.69, 9.17) is 18.9 Å². The summed E-state index contributed by atoms with van der Waals surface area (Å²) < 4.78 is 23.1. The predicted molar refractivity (Wildman–Crippen MR) is 208 cm³/mol. The lowest BCUT2D eigenvalue weighted by molar-refractivity contribution is -0.187. The second kappa shape index (κ2) is 19.7. The van der Waals surface area contributed by atoms with Crippen molar-refractivity contribution in [2.75, 3.05) is 13.2 Å². The van der Waals surface area contributed by atoms with Crippen LogP contribution < -0.4 is 0 Å². The van der Waals surface area contributed by atoms with E-state index in [9.17, 15) is 14.4 Å². The average Bonchev–Trinajstić information content (AvgIpc) is 3.08. The molecule has 4 rings (SSSR count). The van der Waals surface area contributed by atoms with Gasteiger partial charge in [0.25, 0.3) is 0 Å². The van der Waals surface area contributed by atoms with E-state index in [-0.39, 0.29) is 18.8 Å². The van der Waals surface area contributed by atoms with Gasteiger partial charge in [-0.05, 0) is 113 Å². The van der Waals surface area contributed by atoms with Crippen LogP contribution in [0, 0.1) is 0 Å². The van der Waals surface area contributed by atoms with Crippen LogP contribution in [0.1, 0.15) is 104 Å². The Labute approximate surface area is 310 Å². The maximum atomic E-state index is 13.8. The Bertz CT molecular complexity index is 1750. The highest BCUT2D eigenvalue weighted by Crippen LogP contribution is 2.21. The lowest BCUT2D eigenvalue weighted by Gasteiger charge is -2.29. The van der Waals surface area contributed by atoms with Gasteiger partial charge in [0.05, 0.1) is 0 Å². The summed E-state index contributed by atoms with van der Waals surface area (Å²) in [5, 5.41) is 4.94. The summed E-state index contributed by atoms with van der Waals surface area (Å²) in [6, 6.07) is 29.9. The first-order valence-corrected chi connectivity index (χ1v) is 18.9. The molecule has 4 aromatic carbocycles. The van der Waals surface area contributed by atoms with Gasteiger partial charge in [-0.1, -0.05) is 104 Å². The van der Waals surface area contributed by atoms with Crippen LogP contribution in [0.4, 0.5) is 0 Å². The number of hydrogen-bond acceptors (Lipinski definition) is 7. The Morgan fingerprint density at radius 3 is 1.58 bits per heavy atom. The summed E-state index contributed by atoms with van der Waals surface area (Å²) in [7, 11) is 0. The second-order valence-electron chi connectivity index (χ2n) is 15.7. The van der Waals surface area contributed by atoms with Crippen LogP contribution in [0.5, 0.6) is 0 Å². The van der Waals surface area contributed by atoms with Gasteiger partial charge in [-0.15, -0.1) is 0 Å². The van der Waals surface area contributed by atoms with Crippen molar-refractivity contribution in [1.82, 2.24) is 0 Å². The molecule has 0 radical (unpaired) electrons. The van der Waals surface area contributed by atoms with Crippen LogP contribution in [0.3, 0.4) is 0 Å². The van der Waals surface area contributed by atoms with Gasteiger partial charge in [0.2, 0.25) is 0 Å². The minimum absolute atomic E-state index is 0.231. The Morgan fingerprint density at radius 2 is 1.04 bits per heavy atom. The van der Waals surface area contributed by atoms with Crippen LogP contribution >= 0.6 is 0 Å². The number of rotatable bonds is 20. The molecular weight excluding hydrogens is 652 g/mol. The Morgan fingerprint density at radius 1 is 0.538 bits per heavy atom. The number of hydrogen-bond donors (Lipinski definition) is 0. The molecule has 7 heteroatoms. The molecule has 0 saturated carbocycles. The van der Waals surface area contributed by atoms with Gasteiger partial charge < -0.3 is 18.9 Å². The summed E-state index contributed by atoms with van der Waals surface area (Å²) in [6.07, 6.45) is 5.64. The van der Waals surface area contributed by atoms with Crippen molar-refractivity contribution in [2.45, 2.75) is 129 Å². The van der Waals surface area contributed by atoms with Crippen molar-refractivity contribution in [3.63, 3.8) is 0 Å². The maximum absolute atomic E-state index is 13.8. The largest absolute Gasteiger partial charge is 0.458 e. The highest BCUT2D eigenvalue weighted by atomic mass is 16.6. The van der Waals surface area contributed by atoms with E-state index >= 15 is 0 Å². The quantitative estimate of drug-likeness (QED) is 0.0667. The van der Waals surface area contributed by atoms with Crippen LogP contribution in [0.25, 0.3) is 21.5 Å². The smallest absolute Gasteiger partial charge is 0.339 e. The molecule has 0 bridgehead atoms. The first-order chi connectivity index (χ1) is 24.8. The van der Waals surface area contributed by atoms with Crippen molar-refractivity contribution in [1.29, 1.82) is 0 Å². The SMILES string of the molecule is CC(C)(C)OC(=O)CO[C@@H](C(=O)OC(C)(C)C)[C@@H](OCCCCCc1ccc2ccccc2c1)C(=O)CCCCCCc1ccc2ccccc2c1. The number of aryl methyl sites for hydroxylation is 2. The lowest BCUT2D eigenvalue weighted by Crippen LogP contribution is -2.47. The fraction of sp³-hybridized carbons (Fsp3) is 0.489. The molecule has 52 heavy (non-hydrogen) atoms. The second-order valence-corrected chi connectivity index (χ2v) is 15.7. The molecule has 0 spiro atoms. The van der Waals surface area contributed by atoms with Crippen molar-refractivity contribution >= 4 is 39.3 Å². The zero-order chi connectivity index (χ0) is 37.6. The van der Waals surface area contributed by atoms with E-state index in [2.05, 4.69) is 78.9 Å². The van der Waals surface area contributed by atoms with Crippen molar-refractivity contribution in [2.24, 2.45) is 0 Å². The number of ketones is 1. The molecule has 0 aliphatic rings. The first kappa shape index (κ1) is 40.7. The van der Waals surface area contributed by atoms with Gasteiger partial charge in [0, 0.05) is 13.0 Å². The molecule has 0 N–H and O–H groups in total. The van der Waals surface area contributed by atoms with Crippen molar-refractivity contribution in [3.05, 3.63) is 96.1 Å². The standard InChI is InChI=1S/C45H58O7/c1-44(2,3)51-40(47)32-50-42(43(48)52-45(4,5)6)41(49-29-17-9-11-19-34-26-28-36-21-14-16-23-38(36)31-34)39(46)24-12-8-7-10-18-33-25-27-35-20-13-15-22-37(35)30-33/h13-16,20-23,25-28,30-31,41-42H,7-12,17-19,24,29,32H2,1-6H3/t41-,42+/m0/s1. The van der Waals surface area contributed by atoms with Gasteiger partial charge in [-0.3, -0.25) is 4.79 Å². The molecule has 0 heterocycles. The number of benzene rings is 4. The maximum Gasteiger partial charge on any atom is 0.339 e. The van der Waals surface area contributed by atoms with E-state index in [0.717, 1.165) is 44.9 Å². The highest BCUT2D eigenvalue weighted by Gasteiger charge is 2.39. The average molecular weight is 711 g/mol. The molecule has 0 saturated heterocycles. The van der Waals surface area contributed by atoms with Gasteiger partial charge in [0.15, 0.2) is 18.0 Å². The highest BCUT2D eigenvalue weighted by molar-refractivity contribution is 5.90. The van der Waals surface area contributed by atoms with Crippen LogP contribution in [-0.2, 0) is 46.2 Å². The Balaban J connectivity index is 1.33. The molecule has 0 fully saturated rings. The van der Waals surface area contributed by atoms with Gasteiger partial charge in [0.1, 0.15) is 17.8 Å². The summed E-state index contributed by atoms with van der Waals surface area (Å²) >= 11 is 0. The van der Waals surface area contributed by atoms with E-state index in [1.54, 1.807) is 41.5 Å². The molecule has 0 amide bonds. The lowest BCUT2D eigenvalue weighted by atomic mass is 10.00. The number of Topliss-reactive ketones (excluding diaryl/α,β-unsaturated/α-hetero) is 1. The van der Waals surface area contributed by atoms with E-state index in [0.29, 0.717) is 12.8 Å². The Hall–Kier alpha value is -4.07. The number of unbranched alkanes of at least 4 members (excludes halogenated alkanes) is 5. The first-order valence-electron chi connectivity index (χ1n) is 18.9. The summed E-state index contributed by atoms with van der Waals surface area (Å²) in [5.41, 5.74) is 1.04. The number of carbonyl (C=O) groups is 3. The fourth-order valence-electron chi connectivity index (χ4n) is 6.25. The minimum Gasteiger partial charge on any atom is -0.458 e. The molecule has 2 atom stereocenters.